The first-order valence-corrected chi connectivity index (χ1v) is 10.5. The minimum absolute atomic E-state index is 0.465. The highest BCUT2D eigenvalue weighted by molar-refractivity contribution is 5.55. The molecule has 0 radical (unpaired) electrons. The van der Waals surface area contributed by atoms with Crippen LogP contribution in [0.15, 0.2) is 39.4 Å². The van der Waals surface area contributed by atoms with Crippen molar-refractivity contribution in [3.05, 3.63) is 42.0 Å². The zero-order valence-corrected chi connectivity index (χ0v) is 16.8. The summed E-state index contributed by atoms with van der Waals surface area (Å²) in [6.07, 6.45) is 7.28. The Morgan fingerprint density at radius 1 is 0.966 bits per heavy atom. The molecule has 0 amide bonds. The minimum atomic E-state index is 0.465. The third-order valence-electron chi connectivity index (χ3n) is 4.85. The molecule has 7 nitrogen and oxygen atoms in total. The fraction of sp³-hybridized carbons (Fsp3) is 0.500. The van der Waals surface area contributed by atoms with Crippen LogP contribution in [0.5, 0.6) is 11.6 Å². The van der Waals surface area contributed by atoms with E-state index in [1.54, 1.807) is 0 Å². The fourth-order valence-corrected chi connectivity index (χ4v) is 2.99. The molecule has 0 bridgehead atoms. The lowest BCUT2D eigenvalue weighted by atomic mass is 10.2. The van der Waals surface area contributed by atoms with Crippen molar-refractivity contribution in [2.75, 3.05) is 13.2 Å². The maximum atomic E-state index is 5.81. The van der Waals surface area contributed by atoms with Gasteiger partial charge in [-0.1, -0.05) is 24.9 Å². The van der Waals surface area contributed by atoms with E-state index in [-0.39, 0.29) is 0 Å². The van der Waals surface area contributed by atoms with Gasteiger partial charge in [-0.3, -0.25) is 0 Å². The van der Waals surface area contributed by atoms with Gasteiger partial charge in [0.15, 0.2) is 0 Å². The van der Waals surface area contributed by atoms with Crippen molar-refractivity contribution in [3.63, 3.8) is 0 Å². The second-order valence-corrected chi connectivity index (χ2v) is 7.39. The van der Waals surface area contributed by atoms with Crippen LogP contribution in [-0.4, -0.2) is 28.5 Å². The molecule has 1 aromatic carbocycles. The highest BCUT2D eigenvalue weighted by Gasteiger charge is 2.29. The molecule has 4 rings (SSSR count). The maximum absolute atomic E-state index is 5.81. The van der Waals surface area contributed by atoms with E-state index < -0.39 is 0 Å². The maximum Gasteiger partial charge on any atom is 0.254 e. The summed E-state index contributed by atoms with van der Waals surface area (Å²) in [7, 11) is 0. The second kappa shape index (κ2) is 9.58. The van der Waals surface area contributed by atoms with Crippen molar-refractivity contribution in [1.29, 1.82) is 0 Å². The van der Waals surface area contributed by atoms with E-state index in [0.29, 0.717) is 30.8 Å². The lowest BCUT2D eigenvalue weighted by Gasteiger charge is -2.05. The third kappa shape index (κ3) is 5.59. The van der Waals surface area contributed by atoms with Gasteiger partial charge in [-0.25, -0.2) is 0 Å². The Morgan fingerprint density at radius 3 is 2.59 bits per heavy atom. The number of aryl methyl sites for hydroxylation is 1. The molecule has 0 unspecified atom stereocenters. The molecule has 2 heterocycles. The molecule has 0 N–H and O–H groups in total. The van der Waals surface area contributed by atoms with Crippen molar-refractivity contribution >= 4 is 0 Å². The first-order chi connectivity index (χ1) is 14.3. The molecule has 0 aliphatic heterocycles. The molecule has 7 heteroatoms. The monoisotopic (exact) mass is 397 g/mol. The normalized spacial score (nSPS) is 13.6. The summed E-state index contributed by atoms with van der Waals surface area (Å²) in [5.74, 6) is 4.06. The van der Waals surface area contributed by atoms with Gasteiger partial charge in [0, 0.05) is 24.0 Å². The zero-order chi connectivity index (χ0) is 19.9. The molecule has 0 saturated heterocycles. The van der Waals surface area contributed by atoms with Crippen LogP contribution in [0.25, 0.3) is 11.4 Å². The van der Waals surface area contributed by atoms with Crippen molar-refractivity contribution in [2.24, 2.45) is 0 Å². The van der Waals surface area contributed by atoms with Crippen LogP contribution in [-0.2, 0) is 6.42 Å². The standard InChI is InChI=1S/C22H27N3O4/c1-2-3-4-13-27-20-15-19(28-24-20)6-5-14-26-18-11-9-16(10-12-18)21-23-22(29-25-21)17-7-8-17/h9-12,15,17H,2-8,13-14H2,1H3. The van der Waals surface area contributed by atoms with Gasteiger partial charge in [-0.2, -0.15) is 4.98 Å². The van der Waals surface area contributed by atoms with Gasteiger partial charge >= 0.3 is 0 Å². The Bertz CT molecular complexity index is 884. The summed E-state index contributed by atoms with van der Waals surface area (Å²) in [4.78, 5) is 4.47. The summed E-state index contributed by atoms with van der Waals surface area (Å²) in [6, 6.07) is 9.63. The van der Waals surface area contributed by atoms with Crippen LogP contribution in [0.2, 0.25) is 0 Å². The molecule has 1 saturated carbocycles. The number of rotatable bonds is 12. The van der Waals surface area contributed by atoms with Gasteiger partial charge in [0.25, 0.3) is 5.88 Å². The van der Waals surface area contributed by atoms with Gasteiger partial charge in [-0.15, -0.1) is 0 Å². The number of benzene rings is 1. The third-order valence-corrected chi connectivity index (χ3v) is 4.85. The first-order valence-electron chi connectivity index (χ1n) is 10.5. The molecule has 29 heavy (non-hydrogen) atoms. The summed E-state index contributed by atoms with van der Waals surface area (Å²) in [6.45, 7) is 3.45. The Labute approximate surface area is 170 Å². The van der Waals surface area contributed by atoms with Crippen molar-refractivity contribution in [1.82, 2.24) is 15.3 Å². The molecular weight excluding hydrogens is 370 g/mol. The molecule has 2 aromatic heterocycles. The number of ether oxygens (including phenoxy) is 2. The van der Waals surface area contributed by atoms with E-state index in [2.05, 4.69) is 22.2 Å². The average Bonchev–Trinajstić information content (AvgIpc) is 3.30. The van der Waals surface area contributed by atoms with Crippen LogP contribution in [0.1, 0.15) is 63.0 Å². The second-order valence-electron chi connectivity index (χ2n) is 7.39. The SMILES string of the molecule is CCCCCOc1cc(CCCOc2ccc(-c3noc(C4CC4)n3)cc2)on1. The lowest BCUT2D eigenvalue weighted by molar-refractivity contribution is 0.265. The van der Waals surface area contributed by atoms with Gasteiger partial charge in [0.05, 0.1) is 13.2 Å². The number of nitrogens with zero attached hydrogens (tertiary/aromatic N) is 3. The van der Waals surface area contributed by atoms with E-state index in [1.165, 1.54) is 12.8 Å². The van der Waals surface area contributed by atoms with Crippen LogP contribution in [0.4, 0.5) is 0 Å². The summed E-state index contributed by atoms with van der Waals surface area (Å²) < 4.78 is 22.0. The van der Waals surface area contributed by atoms with E-state index in [4.69, 9.17) is 18.5 Å². The minimum Gasteiger partial charge on any atom is -0.494 e. The number of unbranched alkanes of at least 4 members (excludes halogenated alkanes) is 2. The number of hydrogen-bond donors (Lipinski definition) is 0. The molecular formula is C22H27N3O4. The quantitative estimate of drug-likeness (QED) is 0.389. The smallest absolute Gasteiger partial charge is 0.254 e. The molecule has 1 aliphatic rings. The van der Waals surface area contributed by atoms with Gasteiger partial charge < -0.3 is 18.5 Å². The Kier molecular flexibility index (Phi) is 6.44. The molecule has 154 valence electrons. The van der Waals surface area contributed by atoms with E-state index >= 15 is 0 Å². The summed E-state index contributed by atoms with van der Waals surface area (Å²) in [5.41, 5.74) is 0.932. The first kappa shape index (κ1) is 19.5. The fourth-order valence-electron chi connectivity index (χ4n) is 2.99. The largest absolute Gasteiger partial charge is 0.494 e. The van der Waals surface area contributed by atoms with E-state index in [9.17, 15) is 0 Å². The van der Waals surface area contributed by atoms with Crippen molar-refractivity contribution in [3.8, 4) is 23.0 Å². The van der Waals surface area contributed by atoms with E-state index in [1.807, 2.05) is 30.3 Å². The summed E-state index contributed by atoms with van der Waals surface area (Å²) >= 11 is 0. The lowest BCUT2D eigenvalue weighted by Crippen LogP contribution is -1.99. The zero-order valence-electron chi connectivity index (χ0n) is 16.8. The highest BCUT2D eigenvalue weighted by atomic mass is 16.5. The Morgan fingerprint density at radius 2 is 1.79 bits per heavy atom. The van der Waals surface area contributed by atoms with Crippen LogP contribution >= 0.6 is 0 Å². The predicted octanol–water partition coefficient (Wildman–Crippen LogP) is 5.18. The Balaban J connectivity index is 1.17. The molecule has 3 aromatic rings. The van der Waals surface area contributed by atoms with Crippen LogP contribution < -0.4 is 9.47 Å². The molecule has 0 spiro atoms. The average molecular weight is 397 g/mol. The van der Waals surface area contributed by atoms with Crippen molar-refractivity contribution < 1.29 is 18.5 Å². The molecule has 1 fully saturated rings. The molecule has 1 aliphatic carbocycles. The highest BCUT2D eigenvalue weighted by Crippen LogP contribution is 2.39. The van der Waals surface area contributed by atoms with Crippen LogP contribution in [0, 0.1) is 0 Å². The summed E-state index contributed by atoms with van der Waals surface area (Å²) in [5, 5.41) is 8.01. The predicted molar refractivity (Wildman–Crippen MR) is 107 cm³/mol. The van der Waals surface area contributed by atoms with E-state index in [0.717, 1.165) is 55.1 Å². The topological polar surface area (TPSA) is 83.4 Å². The molecule has 0 atom stereocenters. The number of hydrogen-bond acceptors (Lipinski definition) is 7. The Hall–Kier alpha value is -2.83. The number of aromatic nitrogens is 3. The van der Waals surface area contributed by atoms with Gasteiger partial charge in [-0.05, 0) is 55.1 Å². The van der Waals surface area contributed by atoms with Gasteiger partial charge in [0.2, 0.25) is 11.7 Å². The van der Waals surface area contributed by atoms with Crippen LogP contribution in [0.3, 0.4) is 0 Å². The van der Waals surface area contributed by atoms with Gasteiger partial charge in [0.1, 0.15) is 11.5 Å². The van der Waals surface area contributed by atoms with Crippen molar-refractivity contribution in [2.45, 2.75) is 57.8 Å².